The van der Waals surface area contributed by atoms with E-state index in [1.54, 1.807) is 0 Å². The molecule has 1 aliphatic heterocycles. The molecular weight excluding hydrogens is 258 g/mol. The van der Waals surface area contributed by atoms with Crippen LogP contribution in [-0.4, -0.2) is 30.0 Å². The molecule has 0 aromatic carbocycles. The first-order chi connectivity index (χ1) is 9.06. The van der Waals surface area contributed by atoms with Gasteiger partial charge in [-0.05, 0) is 43.5 Å². The first kappa shape index (κ1) is 14.6. The summed E-state index contributed by atoms with van der Waals surface area (Å²) in [7, 11) is 1.88. The maximum absolute atomic E-state index is 6.24. The highest BCUT2D eigenvalue weighted by Crippen LogP contribution is 2.34. The van der Waals surface area contributed by atoms with E-state index in [4.69, 9.17) is 11.6 Å². The lowest BCUT2D eigenvalue weighted by molar-refractivity contribution is 0.109. The highest BCUT2D eigenvalue weighted by atomic mass is 35.5. The third kappa shape index (κ3) is 3.61. The van der Waals surface area contributed by atoms with Gasteiger partial charge in [-0.3, -0.25) is 4.90 Å². The molecule has 2 rings (SSSR count). The van der Waals surface area contributed by atoms with Gasteiger partial charge in [0.15, 0.2) is 0 Å². The molecule has 0 amide bonds. The number of piperidine rings is 1. The molecule has 1 saturated heterocycles. The van der Waals surface area contributed by atoms with Crippen LogP contribution < -0.4 is 5.32 Å². The van der Waals surface area contributed by atoms with Gasteiger partial charge in [0.05, 0.1) is 10.7 Å². The summed E-state index contributed by atoms with van der Waals surface area (Å²) in [5.74, 6) is 0.884. The van der Waals surface area contributed by atoms with Gasteiger partial charge in [-0.15, -0.1) is 0 Å². The molecule has 1 fully saturated rings. The molecule has 3 nitrogen and oxygen atoms in total. The van der Waals surface area contributed by atoms with Crippen molar-refractivity contribution in [1.82, 2.24) is 9.88 Å². The highest BCUT2D eigenvalue weighted by molar-refractivity contribution is 6.31. The molecule has 0 bridgehead atoms. The number of likely N-dealkylation sites (tertiary alicyclic amines) is 1. The average molecular weight is 282 g/mol. The number of anilines is 1. The number of halogens is 1. The van der Waals surface area contributed by atoms with E-state index in [9.17, 15) is 0 Å². The van der Waals surface area contributed by atoms with Crippen molar-refractivity contribution in [3.05, 3.63) is 22.8 Å². The van der Waals surface area contributed by atoms with Crippen molar-refractivity contribution in [1.29, 1.82) is 0 Å². The van der Waals surface area contributed by atoms with Gasteiger partial charge in [-0.1, -0.05) is 31.9 Å². The quantitative estimate of drug-likeness (QED) is 0.910. The number of rotatable bonds is 4. The molecular formula is C15H24ClN3. The van der Waals surface area contributed by atoms with Crippen LogP contribution in [0.2, 0.25) is 5.02 Å². The zero-order valence-electron chi connectivity index (χ0n) is 12.2. The Morgan fingerprint density at radius 2 is 2.05 bits per heavy atom. The van der Waals surface area contributed by atoms with Crippen molar-refractivity contribution in [3.63, 3.8) is 0 Å². The molecule has 0 radical (unpaired) electrons. The molecule has 1 N–H and O–H groups in total. The van der Waals surface area contributed by atoms with Crippen LogP contribution in [0, 0.1) is 5.41 Å². The maximum atomic E-state index is 6.24. The molecule has 2 heterocycles. The van der Waals surface area contributed by atoms with Crippen molar-refractivity contribution >= 4 is 17.4 Å². The number of nitrogens with one attached hydrogen (secondary N) is 1. The summed E-state index contributed by atoms with van der Waals surface area (Å²) in [6.45, 7) is 7.84. The van der Waals surface area contributed by atoms with Crippen LogP contribution in [0.4, 0.5) is 5.82 Å². The normalized spacial score (nSPS) is 19.4. The number of pyridine rings is 1. The van der Waals surface area contributed by atoms with Gasteiger partial charge >= 0.3 is 0 Å². The van der Waals surface area contributed by atoms with Gasteiger partial charge in [-0.2, -0.15) is 0 Å². The van der Waals surface area contributed by atoms with E-state index in [2.05, 4.69) is 29.0 Å². The lowest BCUT2D eigenvalue weighted by Gasteiger charge is -2.38. The van der Waals surface area contributed by atoms with Gasteiger partial charge in [0.2, 0.25) is 0 Å². The fourth-order valence-electron chi connectivity index (χ4n) is 2.55. The Bertz CT molecular complexity index is 425. The minimum atomic E-state index is 0.528. The van der Waals surface area contributed by atoms with Crippen molar-refractivity contribution < 1.29 is 0 Å². The molecule has 1 aromatic heterocycles. The van der Waals surface area contributed by atoms with Crippen LogP contribution in [0.15, 0.2) is 12.1 Å². The monoisotopic (exact) mass is 281 g/mol. The minimum Gasteiger partial charge on any atom is -0.373 e. The molecule has 1 aromatic rings. The standard InChI is InChI=1S/C15H24ClN3/c1-4-15(2)7-9-19(10-8-15)11-13-12(16)5-6-14(17-3)18-13/h5-6H,4,7-11H2,1-3H3,(H,17,18). The molecule has 19 heavy (non-hydrogen) atoms. The van der Waals surface area contributed by atoms with Gasteiger partial charge < -0.3 is 5.32 Å². The van der Waals surface area contributed by atoms with Crippen LogP contribution in [0.5, 0.6) is 0 Å². The molecule has 106 valence electrons. The van der Waals surface area contributed by atoms with E-state index in [1.807, 2.05) is 19.2 Å². The summed E-state index contributed by atoms with van der Waals surface area (Å²) < 4.78 is 0. The number of aromatic nitrogens is 1. The second-order valence-corrected chi connectivity index (χ2v) is 6.22. The van der Waals surface area contributed by atoms with Crippen LogP contribution >= 0.6 is 11.6 Å². The van der Waals surface area contributed by atoms with E-state index in [0.717, 1.165) is 36.2 Å². The predicted octanol–water partition coefficient (Wildman–Crippen LogP) is 3.79. The predicted molar refractivity (Wildman–Crippen MR) is 81.7 cm³/mol. The fourth-order valence-corrected chi connectivity index (χ4v) is 2.72. The summed E-state index contributed by atoms with van der Waals surface area (Å²) >= 11 is 6.24. The second-order valence-electron chi connectivity index (χ2n) is 5.82. The largest absolute Gasteiger partial charge is 0.373 e. The third-order valence-corrected chi connectivity index (χ3v) is 4.81. The molecule has 0 atom stereocenters. The number of hydrogen-bond donors (Lipinski definition) is 1. The van der Waals surface area contributed by atoms with E-state index in [1.165, 1.54) is 19.3 Å². The van der Waals surface area contributed by atoms with Gasteiger partial charge in [0, 0.05) is 13.6 Å². The Balaban J connectivity index is 1.99. The average Bonchev–Trinajstić information content (AvgIpc) is 2.44. The van der Waals surface area contributed by atoms with E-state index in [0.29, 0.717) is 5.41 Å². The Morgan fingerprint density at radius 3 is 2.63 bits per heavy atom. The third-order valence-electron chi connectivity index (χ3n) is 4.46. The lowest BCUT2D eigenvalue weighted by atomic mass is 9.78. The summed E-state index contributed by atoms with van der Waals surface area (Å²) in [6, 6.07) is 3.84. The molecule has 4 heteroatoms. The fraction of sp³-hybridized carbons (Fsp3) is 0.667. The first-order valence-electron chi connectivity index (χ1n) is 7.12. The van der Waals surface area contributed by atoms with Crippen molar-refractivity contribution in [2.45, 2.75) is 39.7 Å². The zero-order chi connectivity index (χ0) is 13.9. The molecule has 0 aliphatic carbocycles. The van der Waals surface area contributed by atoms with Crippen LogP contribution in [0.3, 0.4) is 0 Å². The van der Waals surface area contributed by atoms with E-state index in [-0.39, 0.29) is 0 Å². The van der Waals surface area contributed by atoms with Crippen molar-refractivity contribution in [2.24, 2.45) is 5.41 Å². The van der Waals surface area contributed by atoms with E-state index >= 15 is 0 Å². The summed E-state index contributed by atoms with van der Waals surface area (Å²) in [6.07, 6.45) is 3.81. The Hall–Kier alpha value is -0.800. The molecule has 0 saturated carbocycles. The van der Waals surface area contributed by atoms with Crippen molar-refractivity contribution in [3.8, 4) is 0 Å². The highest BCUT2D eigenvalue weighted by Gasteiger charge is 2.28. The maximum Gasteiger partial charge on any atom is 0.126 e. The van der Waals surface area contributed by atoms with Crippen LogP contribution in [-0.2, 0) is 6.54 Å². The summed E-state index contributed by atoms with van der Waals surface area (Å²) in [5.41, 5.74) is 1.51. The lowest BCUT2D eigenvalue weighted by Crippen LogP contribution is -2.38. The summed E-state index contributed by atoms with van der Waals surface area (Å²) in [4.78, 5) is 7.02. The van der Waals surface area contributed by atoms with Crippen LogP contribution in [0.25, 0.3) is 0 Å². The second kappa shape index (κ2) is 6.10. The van der Waals surface area contributed by atoms with Crippen molar-refractivity contribution in [2.75, 3.05) is 25.5 Å². The Labute approximate surface area is 121 Å². The Morgan fingerprint density at radius 1 is 1.37 bits per heavy atom. The first-order valence-corrected chi connectivity index (χ1v) is 7.49. The minimum absolute atomic E-state index is 0.528. The number of nitrogens with zero attached hydrogens (tertiary/aromatic N) is 2. The smallest absolute Gasteiger partial charge is 0.126 e. The Kier molecular flexibility index (Phi) is 4.69. The zero-order valence-corrected chi connectivity index (χ0v) is 12.9. The van der Waals surface area contributed by atoms with E-state index < -0.39 is 0 Å². The SMILES string of the molecule is CCC1(C)CCN(Cc2nc(NC)ccc2Cl)CC1. The topological polar surface area (TPSA) is 28.2 Å². The molecule has 1 aliphatic rings. The molecule has 0 spiro atoms. The van der Waals surface area contributed by atoms with Gasteiger partial charge in [0.1, 0.15) is 5.82 Å². The number of hydrogen-bond acceptors (Lipinski definition) is 3. The molecule has 0 unspecified atom stereocenters. The van der Waals surface area contributed by atoms with Gasteiger partial charge in [0.25, 0.3) is 0 Å². The van der Waals surface area contributed by atoms with Gasteiger partial charge in [-0.25, -0.2) is 4.98 Å². The van der Waals surface area contributed by atoms with Crippen LogP contribution in [0.1, 0.15) is 38.8 Å². The summed E-state index contributed by atoms with van der Waals surface area (Å²) in [5, 5.41) is 3.83.